The Morgan fingerprint density at radius 2 is 2.09 bits per heavy atom. The summed E-state index contributed by atoms with van der Waals surface area (Å²) in [7, 11) is 0. The fourth-order valence-electron chi connectivity index (χ4n) is 1.85. The lowest BCUT2D eigenvalue weighted by atomic mass is 10.3. The smallest absolute Gasteiger partial charge is 0.170 e. The van der Waals surface area contributed by atoms with Crippen LogP contribution in [0, 0.1) is 6.92 Å². The molecule has 0 saturated heterocycles. The molecule has 0 bridgehead atoms. The Morgan fingerprint density at radius 3 is 2.73 bits per heavy atom. The Hall–Kier alpha value is -1.01. The number of aryl methyl sites for hydroxylation is 2. The number of hydrogen-bond acceptors (Lipinski definition) is 2. The lowest BCUT2D eigenvalue weighted by Crippen LogP contribution is -2.29. The van der Waals surface area contributed by atoms with Crippen LogP contribution in [0.15, 0.2) is 24.3 Å². The minimum absolute atomic E-state index is 0.471. The Balaban J connectivity index is 1.74. The highest BCUT2D eigenvalue weighted by Gasteiger charge is 2.10. The molecular formula is C14H15Cl3N4S. The molecule has 0 aliphatic carbocycles. The number of benzene rings is 1. The van der Waals surface area contributed by atoms with E-state index < -0.39 is 0 Å². The zero-order valence-electron chi connectivity index (χ0n) is 11.9. The van der Waals surface area contributed by atoms with E-state index in [1.807, 2.05) is 31.2 Å². The number of anilines is 1. The van der Waals surface area contributed by atoms with E-state index in [0.29, 0.717) is 33.4 Å². The number of nitrogens with one attached hydrogen (secondary N) is 2. The second-order valence-electron chi connectivity index (χ2n) is 4.66. The Labute approximate surface area is 149 Å². The van der Waals surface area contributed by atoms with Crippen LogP contribution >= 0.6 is 47.0 Å². The highest BCUT2D eigenvalue weighted by Crippen LogP contribution is 2.24. The predicted octanol–water partition coefficient (Wildman–Crippen LogP) is 4.53. The van der Waals surface area contributed by atoms with Crippen molar-refractivity contribution in [1.29, 1.82) is 0 Å². The number of halogens is 3. The van der Waals surface area contributed by atoms with Crippen molar-refractivity contribution in [2.45, 2.75) is 19.9 Å². The third-order valence-corrected chi connectivity index (χ3v) is 4.33. The molecule has 0 amide bonds. The van der Waals surface area contributed by atoms with Crippen molar-refractivity contribution in [1.82, 2.24) is 15.1 Å². The van der Waals surface area contributed by atoms with Crippen LogP contribution in [0.2, 0.25) is 15.2 Å². The van der Waals surface area contributed by atoms with Crippen LogP contribution in [0.1, 0.15) is 12.1 Å². The van der Waals surface area contributed by atoms with E-state index in [2.05, 4.69) is 15.7 Å². The summed E-state index contributed by atoms with van der Waals surface area (Å²) in [6, 6.07) is 7.38. The number of nitrogens with zero attached hydrogens (tertiary/aromatic N) is 2. The summed E-state index contributed by atoms with van der Waals surface area (Å²) in [4.78, 5) is 0. The second kappa shape index (κ2) is 8.02. The first-order chi connectivity index (χ1) is 10.5. The first-order valence-corrected chi connectivity index (χ1v) is 8.20. The van der Waals surface area contributed by atoms with Gasteiger partial charge in [0.25, 0.3) is 0 Å². The molecule has 0 fully saturated rings. The van der Waals surface area contributed by atoms with Gasteiger partial charge in [0, 0.05) is 23.8 Å². The van der Waals surface area contributed by atoms with Crippen LogP contribution in [-0.4, -0.2) is 21.4 Å². The topological polar surface area (TPSA) is 41.9 Å². The van der Waals surface area contributed by atoms with E-state index in [0.717, 1.165) is 17.8 Å². The maximum atomic E-state index is 6.08. The molecular weight excluding hydrogens is 363 g/mol. The van der Waals surface area contributed by atoms with Crippen LogP contribution in [0.3, 0.4) is 0 Å². The van der Waals surface area contributed by atoms with Gasteiger partial charge < -0.3 is 10.6 Å². The van der Waals surface area contributed by atoms with E-state index in [4.69, 9.17) is 47.0 Å². The largest absolute Gasteiger partial charge is 0.362 e. The van der Waals surface area contributed by atoms with Crippen molar-refractivity contribution in [2.75, 3.05) is 11.9 Å². The molecule has 2 N–H and O–H groups in total. The summed E-state index contributed by atoms with van der Waals surface area (Å²) in [5, 5.41) is 12.6. The first-order valence-electron chi connectivity index (χ1n) is 6.66. The van der Waals surface area contributed by atoms with Gasteiger partial charge in [0.2, 0.25) is 0 Å². The van der Waals surface area contributed by atoms with Gasteiger partial charge in [-0.25, -0.2) is 0 Å². The molecule has 0 atom stereocenters. The van der Waals surface area contributed by atoms with Gasteiger partial charge in [-0.05, 0) is 43.8 Å². The number of thiocarbonyl (C=S) groups is 1. The lowest BCUT2D eigenvalue weighted by molar-refractivity contribution is 0.571. The molecule has 0 spiro atoms. The molecule has 0 aliphatic heterocycles. The fourth-order valence-corrected chi connectivity index (χ4v) is 2.66. The number of aromatic nitrogens is 2. The number of hydrogen-bond donors (Lipinski definition) is 2. The Bertz CT molecular complexity index is 672. The average Bonchev–Trinajstić information content (AvgIpc) is 2.71. The van der Waals surface area contributed by atoms with Crippen LogP contribution in [0.25, 0.3) is 0 Å². The molecule has 0 aliphatic rings. The van der Waals surface area contributed by atoms with Gasteiger partial charge in [-0.2, -0.15) is 5.10 Å². The molecule has 22 heavy (non-hydrogen) atoms. The van der Waals surface area contributed by atoms with Crippen molar-refractivity contribution >= 4 is 57.8 Å². The average molecular weight is 378 g/mol. The van der Waals surface area contributed by atoms with Crippen molar-refractivity contribution in [3.8, 4) is 0 Å². The highest BCUT2D eigenvalue weighted by atomic mass is 35.5. The minimum atomic E-state index is 0.471. The molecule has 2 aromatic rings. The van der Waals surface area contributed by atoms with Gasteiger partial charge in [-0.15, -0.1) is 0 Å². The normalized spacial score (nSPS) is 10.5. The van der Waals surface area contributed by atoms with E-state index >= 15 is 0 Å². The van der Waals surface area contributed by atoms with Crippen LogP contribution < -0.4 is 10.6 Å². The molecule has 1 heterocycles. The van der Waals surface area contributed by atoms with Gasteiger partial charge in [0.1, 0.15) is 10.2 Å². The molecule has 0 radical (unpaired) electrons. The van der Waals surface area contributed by atoms with Crippen molar-refractivity contribution < 1.29 is 0 Å². The lowest BCUT2D eigenvalue weighted by Gasteiger charge is -2.11. The van der Waals surface area contributed by atoms with Gasteiger partial charge in [0.15, 0.2) is 5.11 Å². The second-order valence-corrected chi connectivity index (χ2v) is 6.24. The molecule has 0 saturated carbocycles. The molecule has 8 heteroatoms. The standard InChI is InChI=1S/C14H15Cl3N4S/c1-9-12(16)13(17)21(20-9)7-3-6-18-14(22)19-11-5-2-4-10(15)8-11/h2,4-5,8H,3,6-7H2,1H3,(H2,18,19,22). The van der Waals surface area contributed by atoms with Crippen molar-refractivity contribution in [3.05, 3.63) is 45.2 Å². The molecule has 2 rings (SSSR count). The molecule has 118 valence electrons. The molecule has 1 aromatic carbocycles. The van der Waals surface area contributed by atoms with E-state index in [1.54, 1.807) is 4.68 Å². The maximum absolute atomic E-state index is 6.08. The molecule has 4 nitrogen and oxygen atoms in total. The zero-order chi connectivity index (χ0) is 16.1. The van der Waals surface area contributed by atoms with Crippen molar-refractivity contribution in [3.63, 3.8) is 0 Å². The summed E-state index contributed by atoms with van der Waals surface area (Å²) >= 11 is 23.2. The molecule has 1 aromatic heterocycles. The Morgan fingerprint density at radius 1 is 1.32 bits per heavy atom. The number of rotatable bonds is 5. The van der Waals surface area contributed by atoms with Gasteiger partial charge in [-0.1, -0.05) is 40.9 Å². The minimum Gasteiger partial charge on any atom is -0.362 e. The summed E-state index contributed by atoms with van der Waals surface area (Å²) in [6.07, 6.45) is 0.814. The van der Waals surface area contributed by atoms with E-state index in [9.17, 15) is 0 Å². The van der Waals surface area contributed by atoms with E-state index in [-0.39, 0.29) is 0 Å². The Kier molecular flexibility index (Phi) is 6.32. The SMILES string of the molecule is Cc1nn(CCCNC(=S)Nc2cccc(Cl)c2)c(Cl)c1Cl. The van der Waals surface area contributed by atoms with Crippen molar-refractivity contribution in [2.24, 2.45) is 0 Å². The van der Waals surface area contributed by atoms with Gasteiger partial charge >= 0.3 is 0 Å². The van der Waals surface area contributed by atoms with Gasteiger partial charge in [-0.3, -0.25) is 4.68 Å². The van der Waals surface area contributed by atoms with E-state index in [1.165, 1.54) is 0 Å². The summed E-state index contributed by atoms with van der Waals surface area (Å²) in [6.45, 7) is 3.19. The van der Waals surface area contributed by atoms with Crippen LogP contribution in [0.5, 0.6) is 0 Å². The monoisotopic (exact) mass is 376 g/mol. The fraction of sp³-hybridized carbons (Fsp3) is 0.286. The summed E-state index contributed by atoms with van der Waals surface area (Å²) < 4.78 is 1.69. The van der Waals surface area contributed by atoms with Gasteiger partial charge in [0.05, 0.1) is 5.69 Å². The zero-order valence-corrected chi connectivity index (χ0v) is 15.0. The van der Waals surface area contributed by atoms with Crippen LogP contribution in [-0.2, 0) is 6.54 Å². The first kappa shape index (κ1) is 17.3. The summed E-state index contributed by atoms with van der Waals surface area (Å²) in [5.41, 5.74) is 1.58. The summed E-state index contributed by atoms with van der Waals surface area (Å²) in [5.74, 6) is 0. The molecule has 0 unspecified atom stereocenters. The third-order valence-electron chi connectivity index (χ3n) is 2.91. The quantitative estimate of drug-likeness (QED) is 0.593. The maximum Gasteiger partial charge on any atom is 0.170 e. The predicted molar refractivity (Wildman–Crippen MR) is 97.3 cm³/mol. The third kappa shape index (κ3) is 4.74. The van der Waals surface area contributed by atoms with Crippen LogP contribution in [0.4, 0.5) is 5.69 Å². The highest BCUT2D eigenvalue weighted by molar-refractivity contribution is 7.80.